The molecule has 0 bridgehead atoms. The number of anilines is 3. The quantitative estimate of drug-likeness (QED) is 0.334. The molecule has 4 N–H and O–H groups in total. The lowest BCUT2D eigenvalue weighted by molar-refractivity contribution is -0.137. The third-order valence-electron chi connectivity index (χ3n) is 7.94. The zero-order valence-electron chi connectivity index (χ0n) is 25.4. The molecule has 2 fully saturated rings. The van der Waals surface area contributed by atoms with Gasteiger partial charge in [0.15, 0.2) is 0 Å². The highest BCUT2D eigenvalue weighted by Crippen LogP contribution is 2.36. The third-order valence-corrected chi connectivity index (χ3v) is 7.94. The molecule has 1 aromatic carbocycles. The van der Waals surface area contributed by atoms with Gasteiger partial charge in [-0.2, -0.15) is 18.2 Å². The van der Waals surface area contributed by atoms with E-state index >= 15 is 0 Å². The van der Waals surface area contributed by atoms with Gasteiger partial charge in [-0.3, -0.25) is 9.59 Å². The molecule has 2 aliphatic rings. The highest BCUT2D eigenvalue weighted by atomic mass is 19.4. The molecule has 0 spiro atoms. The average Bonchev–Trinajstić information content (AvgIpc) is 2.94. The Morgan fingerprint density at radius 1 is 1.00 bits per heavy atom. The molecule has 2 heterocycles. The second-order valence-corrected chi connectivity index (χ2v) is 12.4. The Hall–Kier alpha value is -3.61. The van der Waals surface area contributed by atoms with Crippen molar-refractivity contribution in [2.24, 2.45) is 5.41 Å². The number of hydrogen-bond donors (Lipinski definition) is 4. The Bertz CT molecular complexity index is 1290. The predicted molar refractivity (Wildman–Crippen MR) is 159 cm³/mol. The number of amides is 2. The monoisotopic (exact) mass is 605 g/mol. The van der Waals surface area contributed by atoms with Crippen LogP contribution in [0.4, 0.5) is 30.6 Å². The highest BCUT2D eigenvalue weighted by Gasteiger charge is 2.37. The summed E-state index contributed by atoms with van der Waals surface area (Å²) in [6.07, 6.45) is 0.670. The first-order valence-electron chi connectivity index (χ1n) is 14.7. The molecule has 1 aliphatic carbocycles. The smallest absolute Gasteiger partial charge is 0.421 e. The van der Waals surface area contributed by atoms with Gasteiger partial charge in [-0.25, -0.2) is 4.98 Å². The van der Waals surface area contributed by atoms with E-state index in [4.69, 9.17) is 4.74 Å². The van der Waals surface area contributed by atoms with E-state index in [1.165, 1.54) is 7.11 Å². The van der Waals surface area contributed by atoms with Gasteiger partial charge in [-0.05, 0) is 64.0 Å². The summed E-state index contributed by atoms with van der Waals surface area (Å²) < 4.78 is 47.4. The molecule has 1 aliphatic heterocycles. The molecule has 1 aromatic heterocycles. The predicted octanol–water partition coefficient (Wildman–Crippen LogP) is 4.96. The SMILES string of the molecule is COc1cc(C(=O)NC2CCN(C)CC2)ccc1Nc1ncc(C(F)(F)F)c(N[C@@H]2CCCC[C@H]2NC(=O)C(C)(C)C)n1. The number of carbonyl (C=O) groups is 2. The molecule has 236 valence electrons. The normalized spacial score (nSPS) is 20.3. The van der Waals surface area contributed by atoms with Gasteiger partial charge < -0.3 is 30.9 Å². The van der Waals surface area contributed by atoms with Gasteiger partial charge in [0.25, 0.3) is 5.91 Å². The fourth-order valence-electron chi connectivity index (χ4n) is 5.27. The van der Waals surface area contributed by atoms with Crippen LogP contribution in [-0.2, 0) is 11.0 Å². The lowest BCUT2D eigenvalue weighted by Gasteiger charge is -2.35. The van der Waals surface area contributed by atoms with E-state index in [9.17, 15) is 22.8 Å². The van der Waals surface area contributed by atoms with Crippen molar-refractivity contribution in [3.8, 4) is 5.75 Å². The summed E-state index contributed by atoms with van der Waals surface area (Å²) in [4.78, 5) is 35.9. The number of nitrogens with one attached hydrogen (secondary N) is 4. The minimum atomic E-state index is -4.69. The second-order valence-electron chi connectivity index (χ2n) is 12.4. The van der Waals surface area contributed by atoms with E-state index in [-0.39, 0.29) is 35.7 Å². The van der Waals surface area contributed by atoms with Crippen LogP contribution in [0.2, 0.25) is 0 Å². The summed E-state index contributed by atoms with van der Waals surface area (Å²) in [6.45, 7) is 7.20. The molecule has 4 rings (SSSR count). The molecule has 2 aromatic rings. The maximum Gasteiger partial charge on any atom is 0.421 e. The number of carbonyl (C=O) groups excluding carboxylic acids is 2. The summed E-state index contributed by atoms with van der Waals surface area (Å²) >= 11 is 0. The summed E-state index contributed by atoms with van der Waals surface area (Å²) in [6, 6.07) is 4.09. The largest absolute Gasteiger partial charge is 0.495 e. The first kappa shape index (κ1) is 32.3. The minimum Gasteiger partial charge on any atom is -0.495 e. The molecule has 43 heavy (non-hydrogen) atoms. The Labute approximate surface area is 250 Å². The van der Waals surface area contributed by atoms with E-state index in [1.54, 1.807) is 39.0 Å². The fourth-order valence-corrected chi connectivity index (χ4v) is 5.27. The van der Waals surface area contributed by atoms with Crippen molar-refractivity contribution in [1.29, 1.82) is 0 Å². The van der Waals surface area contributed by atoms with Crippen LogP contribution < -0.4 is 26.0 Å². The number of benzene rings is 1. The number of hydrogen-bond acceptors (Lipinski definition) is 8. The summed E-state index contributed by atoms with van der Waals surface area (Å²) in [5, 5.41) is 12.0. The van der Waals surface area contributed by atoms with E-state index in [0.29, 0.717) is 29.8 Å². The zero-order valence-corrected chi connectivity index (χ0v) is 25.4. The number of aromatic nitrogens is 2. The first-order valence-corrected chi connectivity index (χ1v) is 14.7. The van der Waals surface area contributed by atoms with E-state index in [0.717, 1.165) is 45.0 Å². The second kappa shape index (κ2) is 13.4. The van der Waals surface area contributed by atoms with Crippen LogP contribution in [0.15, 0.2) is 24.4 Å². The van der Waals surface area contributed by atoms with Gasteiger partial charge >= 0.3 is 6.18 Å². The first-order chi connectivity index (χ1) is 20.2. The van der Waals surface area contributed by atoms with E-state index in [1.807, 2.05) is 7.05 Å². The summed E-state index contributed by atoms with van der Waals surface area (Å²) in [5.74, 6) is -0.533. The number of alkyl halides is 3. The van der Waals surface area contributed by atoms with Crippen LogP contribution in [0.1, 0.15) is 75.2 Å². The number of rotatable bonds is 8. The van der Waals surface area contributed by atoms with Gasteiger partial charge in [0.05, 0.1) is 12.8 Å². The van der Waals surface area contributed by atoms with E-state index in [2.05, 4.69) is 36.1 Å². The van der Waals surface area contributed by atoms with Crippen LogP contribution in [0.3, 0.4) is 0 Å². The van der Waals surface area contributed by atoms with Gasteiger partial charge in [0.2, 0.25) is 11.9 Å². The number of piperidine rings is 1. The molecule has 13 heteroatoms. The Morgan fingerprint density at radius 2 is 1.67 bits per heavy atom. The minimum absolute atomic E-state index is 0.0802. The number of methoxy groups -OCH3 is 1. The highest BCUT2D eigenvalue weighted by molar-refractivity contribution is 5.95. The van der Waals surface area contributed by atoms with E-state index < -0.39 is 23.2 Å². The Balaban J connectivity index is 1.53. The Morgan fingerprint density at radius 3 is 2.30 bits per heavy atom. The third kappa shape index (κ3) is 8.49. The number of ether oxygens (including phenoxy) is 1. The topological polar surface area (TPSA) is 121 Å². The molecule has 2 amide bonds. The maximum absolute atomic E-state index is 14.0. The van der Waals surface area contributed by atoms with Gasteiger partial charge in [-0.15, -0.1) is 0 Å². The molecule has 10 nitrogen and oxygen atoms in total. The molecule has 1 saturated carbocycles. The van der Waals surface area contributed by atoms with Crippen molar-refractivity contribution in [1.82, 2.24) is 25.5 Å². The number of likely N-dealkylation sites (tertiary alicyclic amines) is 1. The molecular weight excluding hydrogens is 563 g/mol. The standard InChI is InChI=1S/C30H42F3N7O3/c1-29(2,3)27(42)37-22-9-7-6-8-21(22)36-25-20(30(31,32)33)17-34-28(39-25)38-23-11-10-18(16-24(23)43-5)26(41)35-19-12-14-40(4)15-13-19/h10-11,16-17,19,21-22H,6-9,12-15H2,1-5H3,(H,35,41)(H,37,42)(H2,34,36,38,39)/t21-,22-/m1/s1. The van der Waals surface area contributed by atoms with Crippen molar-refractivity contribution in [3.63, 3.8) is 0 Å². The lowest BCUT2D eigenvalue weighted by Crippen LogP contribution is -2.51. The number of nitrogens with zero attached hydrogens (tertiary/aromatic N) is 3. The maximum atomic E-state index is 14.0. The van der Waals surface area contributed by atoms with Gasteiger partial charge in [0, 0.05) is 35.3 Å². The van der Waals surface area contributed by atoms with Crippen molar-refractivity contribution < 1.29 is 27.5 Å². The molecule has 2 atom stereocenters. The molecular formula is C30H42F3N7O3. The lowest BCUT2D eigenvalue weighted by atomic mass is 9.88. The van der Waals surface area contributed by atoms with Gasteiger partial charge in [0.1, 0.15) is 17.1 Å². The molecule has 1 saturated heterocycles. The van der Waals surface area contributed by atoms with Crippen LogP contribution in [0, 0.1) is 5.41 Å². The van der Waals surface area contributed by atoms with Crippen LogP contribution in [0.5, 0.6) is 5.75 Å². The van der Waals surface area contributed by atoms with Crippen LogP contribution >= 0.6 is 0 Å². The fraction of sp³-hybridized carbons (Fsp3) is 0.600. The molecule has 0 radical (unpaired) electrons. The summed E-state index contributed by atoms with van der Waals surface area (Å²) in [5.41, 5.74) is -0.847. The van der Waals surface area contributed by atoms with Crippen molar-refractivity contribution in [3.05, 3.63) is 35.5 Å². The van der Waals surface area contributed by atoms with Crippen molar-refractivity contribution in [2.45, 2.75) is 83.6 Å². The average molecular weight is 606 g/mol. The zero-order chi connectivity index (χ0) is 31.4. The Kier molecular flexibility index (Phi) is 10.0. The van der Waals surface area contributed by atoms with Crippen molar-refractivity contribution >= 4 is 29.3 Å². The summed E-state index contributed by atoms with van der Waals surface area (Å²) in [7, 11) is 3.49. The number of halogens is 3. The van der Waals surface area contributed by atoms with Crippen LogP contribution in [-0.4, -0.2) is 72.1 Å². The van der Waals surface area contributed by atoms with Crippen LogP contribution in [0.25, 0.3) is 0 Å². The van der Waals surface area contributed by atoms with Gasteiger partial charge in [-0.1, -0.05) is 33.6 Å². The molecule has 0 unspecified atom stereocenters. The van der Waals surface area contributed by atoms with Crippen molar-refractivity contribution in [2.75, 3.05) is 37.9 Å².